The number of hydrogen-bond acceptors (Lipinski definition) is 4. The van der Waals surface area contributed by atoms with E-state index in [9.17, 15) is 0 Å². The number of anilines is 3. The van der Waals surface area contributed by atoms with E-state index >= 15 is 0 Å². The molecule has 11 aromatic carbocycles. The number of hydrogen-bond donors (Lipinski definition) is 0. The molecular weight excluding hydrogens is 911 g/mol. The number of nitrogens with zero attached hydrogens (tertiary/aromatic N) is 5. The predicted molar refractivity (Wildman–Crippen MR) is 307 cm³/mol. The van der Waals surface area contributed by atoms with E-state index in [1.807, 2.05) is 24.3 Å². The highest BCUT2D eigenvalue weighted by molar-refractivity contribution is 6.09. The van der Waals surface area contributed by atoms with Crippen molar-refractivity contribution in [1.82, 2.24) is 19.5 Å². The molecule has 15 rings (SSSR count). The molecule has 1 aliphatic carbocycles. The molecule has 0 unspecified atom stereocenters. The minimum absolute atomic E-state index is 0.618. The molecule has 0 amide bonds. The molecule has 0 atom stereocenters. The molecule has 5 heteroatoms. The number of fused-ring (bicyclic) bond motifs is 12. The van der Waals surface area contributed by atoms with Crippen molar-refractivity contribution in [2.24, 2.45) is 0 Å². The standard InChI is InChI=1S/C70H45N5/c1-4-19-46(20-5-1)47-35-37-50(38-36-47)68-71-67(49-21-6-2-7-22-49)72-69(73-68)56-27-18-30-61-66(56)57-45-51(48-39-42-53(43-40-48)74-62-31-14-10-25-54(62)55-26-11-15-32-63(55)74)41-44-58(57)70(61)59-28-12-16-33-64(59)75(52-23-8-3-9-24-52)65-34-17-13-29-60(65)70/h1-45H. The zero-order valence-corrected chi connectivity index (χ0v) is 40.7. The fraction of sp³-hybridized carbons (Fsp3) is 0.0143. The van der Waals surface area contributed by atoms with Gasteiger partial charge in [0.15, 0.2) is 17.5 Å². The molecule has 0 saturated heterocycles. The Labute approximate surface area is 435 Å². The molecule has 0 fully saturated rings. The normalized spacial score (nSPS) is 12.9. The van der Waals surface area contributed by atoms with Crippen LogP contribution in [0.5, 0.6) is 0 Å². The van der Waals surface area contributed by atoms with Crippen LogP contribution in [0.4, 0.5) is 17.1 Å². The fourth-order valence-corrected chi connectivity index (χ4v) is 12.2. The lowest BCUT2D eigenvalue weighted by Crippen LogP contribution is -2.36. The Balaban J connectivity index is 0.962. The SMILES string of the molecule is c1ccc(-c2ccc(-c3nc(-c4ccccc4)nc(-c4cccc5c4-c4cc(-c6ccc(-n7c8ccccc8c8ccccc87)cc6)ccc4C54c5ccccc5N(c5ccccc5)c5ccccc54)n3)cc2)cc1. The smallest absolute Gasteiger partial charge is 0.164 e. The second-order valence-corrected chi connectivity index (χ2v) is 19.5. The second-order valence-electron chi connectivity index (χ2n) is 19.5. The van der Waals surface area contributed by atoms with Gasteiger partial charge in [0.25, 0.3) is 0 Å². The van der Waals surface area contributed by atoms with Gasteiger partial charge in [0.05, 0.1) is 27.8 Å². The van der Waals surface area contributed by atoms with Crippen LogP contribution in [0, 0.1) is 0 Å². The first-order valence-electron chi connectivity index (χ1n) is 25.6. The van der Waals surface area contributed by atoms with Gasteiger partial charge in [-0.2, -0.15) is 0 Å². The third-order valence-electron chi connectivity index (χ3n) is 15.5. The lowest BCUT2D eigenvalue weighted by molar-refractivity contribution is 0.753. The van der Waals surface area contributed by atoms with Gasteiger partial charge in [-0.05, 0) is 110 Å². The maximum absolute atomic E-state index is 5.45. The van der Waals surface area contributed by atoms with Crippen molar-refractivity contribution >= 4 is 38.9 Å². The average Bonchev–Trinajstić information content (AvgIpc) is 4.02. The van der Waals surface area contributed by atoms with Crippen molar-refractivity contribution in [3.05, 3.63) is 295 Å². The van der Waals surface area contributed by atoms with E-state index in [1.54, 1.807) is 0 Å². The van der Waals surface area contributed by atoms with Crippen molar-refractivity contribution in [3.8, 4) is 73.2 Å². The minimum Gasteiger partial charge on any atom is -0.310 e. The number of benzene rings is 11. The predicted octanol–water partition coefficient (Wildman–Crippen LogP) is 17.4. The van der Waals surface area contributed by atoms with Gasteiger partial charge in [0.2, 0.25) is 0 Å². The first-order valence-corrected chi connectivity index (χ1v) is 25.6. The molecular formula is C70H45N5. The zero-order chi connectivity index (χ0) is 49.5. The van der Waals surface area contributed by atoms with E-state index in [2.05, 4.69) is 258 Å². The van der Waals surface area contributed by atoms with Gasteiger partial charge < -0.3 is 9.47 Å². The molecule has 0 bridgehead atoms. The van der Waals surface area contributed by atoms with E-state index in [4.69, 9.17) is 15.0 Å². The Bertz CT molecular complexity index is 4230. The maximum Gasteiger partial charge on any atom is 0.164 e. The molecule has 1 aliphatic heterocycles. The van der Waals surface area contributed by atoms with E-state index in [0.717, 1.165) is 72.8 Å². The molecule has 0 N–H and O–H groups in total. The summed E-state index contributed by atoms with van der Waals surface area (Å²) in [7, 11) is 0. The average molecular weight is 956 g/mol. The van der Waals surface area contributed by atoms with E-state index in [-0.39, 0.29) is 0 Å². The van der Waals surface area contributed by atoms with Crippen LogP contribution in [-0.4, -0.2) is 19.5 Å². The Kier molecular flexibility index (Phi) is 9.72. The quantitative estimate of drug-likeness (QED) is 0.160. The topological polar surface area (TPSA) is 46.8 Å². The van der Waals surface area contributed by atoms with Crippen LogP contribution in [0.25, 0.3) is 95.0 Å². The van der Waals surface area contributed by atoms with Gasteiger partial charge in [0, 0.05) is 38.8 Å². The third-order valence-corrected chi connectivity index (χ3v) is 15.5. The van der Waals surface area contributed by atoms with Gasteiger partial charge >= 0.3 is 0 Å². The Hall–Kier alpha value is -9.97. The molecule has 75 heavy (non-hydrogen) atoms. The largest absolute Gasteiger partial charge is 0.310 e. The lowest BCUT2D eigenvalue weighted by atomic mass is 9.64. The molecule has 0 radical (unpaired) electrons. The summed E-state index contributed by atoms with van der Waals surface area (Å²) in [6, 6.07) is 98.3. The van der Waals surface area contributed by atoms with Crippen LogP contribution in [0.2, 0.25) is 0 Å². The molecule has 2 aromatic heterocycles. The van der Waals surface area contributed by atoms with Gasteiger partial charge in [-0.25, -0.2) is 15.0 Å². The van der Waals surface area contributed by atoms with Crippen LogP contribution < -0.4 is 4.90 Å². The van der Waals surface area contributed by atoms with Crippen molar-refractivity contribution in [2.75, 3.05) is 4.90 Å². The van der Waals surface area contributed by atoms with Crippen molar-refractivity contribution in [2.45, 2.75) is 5.41 Å². The van der Waals surface area contributed by atoms with Gasteiger partial charge in [-0.3, -0.25) is 0 Å². The monoisotopic (exact) mass is 955 g/mol. The molecule has 350 valence electrons. The first kappa shape index (κ1) is 42.7. The Morgan fingerprint density at radius 1 is 0.280 bits per heavy atom. The van der Waals surface area contributed by atoms with Gasteiger partial charge in [-0.15, -0.1) is 0 Å². The molecule has 13 aromatic rings. The molecule has 5 nitrogen and oxygen atoms in total. The van der Waals surface area contributed by atoms with Gasteiger partial charge in [-0.1, -0.05) is 218 Å². The number of rotatable bonds is 7. The number of aromatic nitrogens is 4. The Morgan fingerprint density at radius 2 is 0.733 bits per heavy atom. The van der Waals surface area contributed by atoms with Crippen LogP contribution >= 0.6 is 0 Å². The summed E-state index contributed by atoms with van der Waals surface area (Å²) in [4.78, 5) is 18.5. The fourth-order valence-electron chi connectivity index (χ4n) is 12.2. The van der Waals surface area contributed by atoms with Crippen LogP contribution in [0.1, 0.15) is 22.3 Å². The summed E-state index contributed by atoms with van der Waals surface area (Å²) in [5.41, 5.74) is 20.7. The summed E-state index contributed by atoms with van der Waals surface area (Å²) in [6.45, 7) is 0. The zero-order valence-electron chi connectivity index (χ0n) is 40.7. The first-order chi connectivity index (χ1) is 37.2. The van der Waals surface area contributed by atoms with E-state index in [0.29, 0.717) is 17.5 Å². The van der Waals surface area contributed by atoms with Crippen LogP contribution in [-0.2, 0) is 5.41 Å². The lowest BCUT2D eigenvalue weighted by Gasteiger charge is -2.45. The molecule has 0 saturated carbocycles. The number of para-hydroxylation sites is 5. The summed E-state index contributed by atoms with van der Waals surface area (Å²) >= 11 is 0. The Morgan fingerprint density at radius 3 is 1.37 bits per heavy atom. The van der Waals surface area contributed by atoms with Crippen molar-refractivity contribution in [1.29, 1.82) is 0 Å². The maximum atomic E-state index is 5.45. The van der Waals surface area contributed by atoms with Gasteiger partial charge in [0.1, 0.15) is 0 Å². The summed E-state index contributed by atoms with van der Waals surface area (Å²) in [5, 5.41) is 2.50. The molecule has 1 spiro atoms. The van der Waals surface area contributed by atoms with E-state index < -0.39 is 5.41 Å². The summed E-state index contributed by atoms with van der Waals surface area (Å²) in [6.07, 6.45) is 0. The third kappa shape index (κ3) is 6.61. The highest BCUT2D eigenvalue weighted by atomic mass is 15.2. The summed E-state index contributed by atoms with van der Waals surface area (Å²) in [5.74, 6) is 1.86. The molecule has 3 heterocycles. The summed E-state index contributed by atoms with van der Waals surface area (Å²) < 4.78 is 2.38. The van der Waals surface area contributed by atoms with Crippen LogP contribution in [0.3, 0.4) is 0 Å². The molecule has 2 aliphatic rings. The van der Waals surface area contributed by atoms with Crippen molar-refractivity contribution < 1.29 is 0 Å². The van der Waals surface area contributed by atoms with E-state index in [1.165, 1.54) is 44.1 Å². The van der Waals surface area contributed by atoms with Crippen LogP contribution in [0.15, 0.2) is 273 Å². The van der Waals surface area contributed by atoms with Crippen molar-refractivity contribution in [3.63, 3.8) is 0 Å². The highest BCUT2D eigenvalue weighted by Crippen LogP contribution is 2.64. The second kappa shape index (κ2) is 17.1. The minimum atomic E-state index is -0.691. The highest BCUT2D eigenvalue weighted by Gasteiger charge is 2.52.